The van der Waals surface area contributed by atoms with Crippen molar-refractivity contribution in [3.05, 3.63) is 0 Å². The van der Waals surface area contributed by atoms with E-state index < -0.39 is 0 Å². The van der Waals surface area contributed by atoms with E-state index in [1.54, 1.807) is 6.92 Å². The maximum Gasteiger partial charge on any atom is 0.143 e. The van der Waals surface area contributed by atoms with Crippen LogP contribution in [0.25, 0.3) is 0 Å². The number of hydrogen-bond acceptors (Lipinski definition) is 2. The number of nitrogens with one attached hydrogen (secondary N) is 1. The molecule has 0 aliphatic rings. The first-order chi connectivity index (χ1) is 4.16. The van der Waals surface area contributed by atoms with Gasteiger partial charge in [-0.15, -0.1) is 0 Å². The van der Waals surface area contributed by atoms with Gasteiger partial charge in [0.05, 0.1) is 6.54 Å². The molecule has 1 atom stereocenters. The van der Waals surface area contributed by atoms with Crippen LogP contribution in [0.3, 0.4) is 0 Å². The minimum Gasteiger partial charge on any atom is -0.308 e. The molecule has 0 aliphatic carbocycles. The van der Waals surface area contributed by atoms with Crippen molar-refractivity contribution in [2.45, 2.75) is 33.2 Å². The molecule has 0 bridgehead atoms. The van der Waals surface area contributed by atoms with E-state index in [0.717, 1.165) is 6.42 Å². The van der Waals surface area contributed by atoms with Gasteiger partial charge in [0.25, 0.3) is 0 Å². The number of hydrogen-bond donors (Lipinski definition) is 1. The Balaban J connectivity index is 3.16. The van der Waals surface area contributed by atoms with Gasteiger partial charge in [0.15, 0.2) is 0 Å². The van der Waals surface area contributed by atoms with Crippen molar-refractivity contribution in [1.29, 1.82) is 0 Å². The van der Waals surface area contributed by atoms with Gasteiger partial charge in [0, 0.05) is 6.04 Å². The summed E-state index contributed by atoms with van der Waals surface area (Å²) in [6.45, 7) is 6.27. The molecule has 2 heteroatoms. The zero-order valence-corrected chi connectivity index (χ0v) is 6.40. The maximum absolute atomic E-state index is 10.4. The van der Waals surface area contributed by atoms with Crippen LogP contribution in [0.2, 0.25) is 0 Å². The van der Waals surface area contributed by atoms with Gasteiger partial charge in [0.1, 0.15) is 5.78 Å². The highest BCUT2D eigenvalue weighted by atomic mass is 16.1. The van der Waals surface area contributed by atoms with E-state index >= 15 is 0 Å². The molecular formula is C7H15NO. The summed E-state index contributed by atoms with van der Waals surface area (Å²) < 4.78 is 0. The van der Waals surface area contributed by atoms with Crippen molar-refractivity contribution < 1.29 is 4.79 Å². The van der Waals surface area contributed by atoms with Gasteiger partial charge in [0.2, 0.25) is 0 Å². The zero-order valence-electron chi connectivity index (χ0n) is 6.40. The number of rotatable bonds is 4. The van der Waals surface area contributed by atoms with Gasteiger partial charge < -0.3 is 5.32 Å². The van der Waals surface area contributed by atoms with E-state index in [1.165, 1.54) is 0 Å². The third-order valence-corrected chi connectivity index (χ3v) is 1.31. The summed E-state index contributed by atoms with van der Waals surface area (Å²) >= 11 is 0. The molecule has 0 radical (unpaired) electrons. The zero-order chi connectivity index (χ0) is 7.28. The minimum atomic E-state index is 0.204. The second-order valence-corrected chi connectivity index (χ2v) is 2.39. The Morgan fingerprint density at radius 2 is 2.22 bits per heavy atom. The second-order valence-electron chi connectivity index (χ2n) is 2.39. The third kappa shape index (κ3) is 5.50. The highest BCUT2D eigenvalue weighted by Gasteiger charge is 1.97. The van der Waals surface area contributed by atoms with Crippen molar-refractivity contribution in [3.8, 4) is 0 Å². The molecule has 0 aromatic carbocycles. The molecule has 0 saturated carbocycles. The Labute approximate surface area is 56.6 Å². The number of carbonyl (C=O) groups is 1. The Hall–Kier alpha value is -0.370. The number of Topliss-reactive ketones (excluding diaryl/α,β-unsaturated/α-hetero) is 1. The molecule has 0 saturated heterocycles. The average molecular weight is 129 g/mol. The highest BCUT2D eigenvalue weighted by molar-refractivity contribution is 5.77. The van der Waals surface area contributed by atoms with Crippen LogP contribution in [0.15, 0.2) is 0 Å². The topological polar surface area (TPSA) is 29.1 Å². The van der Waals surface area contributed by atoms with E-state index in [0.29, 0.717) is 12.6 Å². The lowest BCUT2D eigenvalue weighted by molar-refractivity contribution is -0.116. The summed E-state index contributed by atoms with van der Waals surface area (Å²) in [5.41, 5.74) is 0. The fourth-order valence-corrected chi connectivity index (χ4v) is 0.462. The maximum atomic E-state index is 10.4. The molecule has 0 aromatic heterocycles. The number of carbonyl (C=O) groups excluding carboxylic acids is 1. The molecule has 0 aromatic rings. The summed E-state index contributed by atoms with van der Waals surface area (Å²) in [6.07, 6.45) is 1.08. The predicted octanol–water partition coefficient (Wildman–Crippen LogP) is 0.964. The Bertz CT molecular complexity index is 90.9. The molecule has 0 rings (SSSR count). The fraction of sp³-hybridized carbons (Fsp3) is 0.857. The van der Waals surface area contributed by atoms with Gasteiger partial charge in [-0.2, -0.15) is 0 Å². The van der Waals surface area contributed by atoms with Crippen LogP contribution < -0.4 is 5.32 Å². The van der Waals surface area contributed by atoms with Gasteiger partial charge in [-0.05, 0) is 20.3 Å². The lowest BCUT2D eigenvalue weighted by atomic mass is 10.2. The molecule has 0 fully saturated rings. The molecule has 54 valence electrons. The number of ketones is 1. The van der Waals surface area contributed by atoms with E-state index in [2.05, 4.69) is 19.2 Å². The SMILES string of the molecule is CCC(C)NCC(C)=O. The molecule has 0 aliphatic heterocycles. The molecule has 0 amide bonds. The van der Waals surface area contributed by atoms with E-state index in [4.69, 9.17) is 0 Å². The molecule has 1 N–H and O–H groups in total. The van der Waals surface area contributed by atoms with Crippen molar-refractivity contribution >= 4 is 5.78 Å². The first-order valence-corrected chi connectivity index (χ1v) is 3.39. The first-order valence-electron chi connectivity index (χ1n) is 3.39. The minimum absolute atomic E-state index is 0.204. The quantitative estimate of drug-likeness (QED) is 0.612. The van der Waals surface area contributed by atoms with Crippen LogP contribution in [0.5, 0.6) is 0 Å². The largest absolute Gasteiger partial charge is 0.308 e. The van der Waals surface area contributed by atoms with Crippen molar-refractivity contribution in [2.75, 3.05) is 6.54 Å². The standard InChI is InChI=1S/C7H15NO/c1-4-6(2)8-5-7(3)9/h6,8H,4-5H2,1-3H3. The first kappa shape index (κ1) is 8.63. The van der Waals surface area contributed by atoms with Crippen LogP contribution in [0.4, 0.5) is 0 Å². The van der Waals surface area contributed by atoms with Gasteiger partial charge in [-0.3, -0.25) is 4.79 Å². The third-order valence-electron chi connectivity index (χ3n) is 1.31. The Morgan fingerprint density at radius 3 is 2.56 bits per heavy atom. The molecule has 2 nitrogen and oxygen atoms in total. The van der Waals surface area contributed by atoms with Crippen molar-refractivity contribution in [3.63, 3.8) is 0 Å². The lowest BCUT2D eigenvalue weighted by Crippen LogP contribution is -2.29. The van der Waals surface area contributed by atoms with Gasteiger partial charge >= 0.3 is 0 Å². The van der Waals surface area contributed by atoms with Crippen LogP contribution in [0, 0.1) is 0 Å². The predicted molar refractivity (Wildman–Crippen MR) is 38.4 cm³/mol. The van der Waals surface area contributed by atoms with E-state index in [1.807, 2.05) is 0 Å². The van der Waals surface area contributed by atoms with Crippen LogP contribution >= 0.6 is 0 Å². The summed E-state index contributed by atoms with van der Waals surface area (Å²) in [6, 6.07) is 0.467. The van der Waals surface area contributed by atoms with E-state index in [9.17, 15) is 4.79 Å². The average Bonchev–Trinajstić information content (AvgIpc) is 1.83. The Kier molecular flexibility index (Phi) is 4.32. The van der Waals surface area contributed by atoms with Gasteiger partial charge in [-0.1, -0.05) is 6.92 Å². The van der Waals surface area contributed by atoms with E-state index in [-0.39, 0.29) is 5.78 Å². The van der Waals surface area contributed by atoms with Crippen LogP contribution in [-0.2, 0) is 4.79 Å². The molecule has 0 heterocycles. The van der Waals surface area contributed by atoms with Crippen molar-refractivity contribution in [1.82, 2.24) is 5.32 Å². The van der Waals surface area contributed by atoms with Crippen LogP contribution in [-0.4, -0.2) is 18.4 Å². The van der Waals surface area contributed by atoms with Crippen molar-refractivity contribution in [2.24, 2.45) is 0 Å². The molecular weight excluding hydrogens is 114 g/mol. The lowest BCUT2D eigenvalue weighted by Gasteiger charge is -2.07. The van der Waals surface area contributed by atoms with Gasteiger partial charge in [-0.25, -0.2) is 0 Å². The van der Waals surface area contributed by atoms with Crippen LogP contribution in [0.1, 0.15) is 27.2 Å². The molecule has 9 heavy (non-hydrogen) atoms. The molecule has 1 unspecified atom stereocenters. The normalized spacial score (nSPS) is 13.2. The smallest absolute Gasteiger partial charge is 0.143 e. The summed E-state index contributed by atoms with van der Waals surface area (Å²) in [7, 11) is 0. The fourth-order valence-electron chi connectivity index (χ4n) is 0.462. The summed E-state index contributed by atoms with van der Waals surface area (Å²) in [5, 5.41) is 3.08. The highest BCUT2D eigenvalue weighted by Crippen LogP contribution is 1.85. The summed E-state index contributed by atoms with van der Waals surface area (Å²) in [5.74, 6) is 0.204. The second kappa shape index (κ2) is 4.50. The molecule has 0 spiro atoms. The monoisotopic (exact) mass is 129 g/mol. The summed E-state index contributed by atoms with van der Waals surface area (Å²) in [4.78, 5) is 10.4. The Morgan fingerprint density at radius 1 is 1.67 bits per heavy atom.